The number of amides is 1. The number of rotatable bonds is 5. The maximum absolute atomic E-state index is 12.7. The maximum atomic E-state index is 12.7. The number of methoxy groups -OCH3 is 1. The fourth-order valence-corrected chi connectivity index (χ4v) is 4.18. The third kappa shape index (κ3) is 3.55. The number of carbonyl (C=O) groups is 1. The van der Waals surface area contributed by atoms with Crippen molar-refractivity contribution in [3.63, 3.8) is 0 Å². The zero-order chi connectivity index (χ0) is 18.0. The van der Waals surface area contributed by atoms with Crippen molar-refractivity contribution in [3.05, 3.63) is 17.0 Å². The number of carbonyl (C=O) groups excluding carboxylic acids is 1. The third-order valence-corrected chi connectivity index (χ3v) is 5.68. The molecule has 1 aliphatic heterocycles. The van der Waals surface area contributed by atoms with E-state index in [-0.39, 0.29) is 18.4 Å². The molecule has 25 heavy (non-hydrogen) atoms. The Hall–Kier alpha value is -1.91. The minimum Gasteiger partial charge on any atom is -0.380 e. The molecule has 1 aromatic rings. The summed E-state index contributed by atoms with van der Waals surface area (Å²) in [4.78, 5) is 17.1. The SMILES string of the molecule is COC1CCN([C@H]2CCC[C@H]2N(C)C(=O)Cc2noc(C)c2C#N)C1. The van der Waals surface area contributed by atoms with Gasteiger partial charge < -0.3 is 14.2 Å². The van der Waals surface area contributed by atoms with Crippen LogP contribution in [0.1, 0.15) is 42.7 Å². The average Bonchev–Trinajstić information content (AvgIpc) is 3.33. The normalized spacial score (nSPS) is 26.7. The number of aryl methyl sites for hydroxylation is 1. The van der Waals surface area contributed by atoms with Crippen LogP contribution in [0.15, 0.2) is 4.52 Å². The molecule has 0 bridgehead atoms. The van der Waals surface area contributed by atoms with Gasteiger partial charge >= 0.3 is 0 Å². The van der Waals surface area contributed by atoms with E-state index in [9.17, 15) is 10.1 Å². The molecule has 0 spiro atoms. The van der Waals surface area contributed by atoms with Crippen LogP contribution < -0.4 is 0 Å². The van der Waals surface area contributed by atoms with Crippen molar-refractivity contribution < 1.29 is 14.1 Å². The summed E-state index contributed by atoms with van der Waals surface area (Å²) in [7, 11) is 3.64. The number of aromatic nitrogens is 1. The van der Waals surface area contributed by atoms with Crippen LogP contribution in [0.3, 0.4) is 0 Å². The van der Waals surface area contributed by atoms with Gasteiger partial charge in [-0.15, -0.1) is 0 Å². The van der Waals surface area contributed by atoms with Crippen LogP contribution in [0.4, 0.5) is 0 Å². The van der Waals surface area contributed by atoms with Gasteiger partial charge in [0.25, 0.3) is 0 Å². The molecule has 7 heteroatoms. The van der Waals surface area contributed by atoms with E-state index in [4.69, 9.17) is 9.26 Å². The summed E-state index contributed by atoms with van der Waals surface area (Å²) in [5, 5.41) is 13.1. The van der Waals surface area contributed by atoms with Crippen LogP contribution in [-0.2, 0) is 16.0 Å². The van der Waals surface area contributed by atoms with Crippen LogP contribution in [0.5, 0.6) is 0 Å². The third-order valence-electron chi connectivity index (χ3n) is 5.68. The number of nitriles is 1. The quantitative estimate of drug-likeness (QED) is 0.803. The highest BCUT2D eigenvalue weighted by Crippen LogP contribution is 2.31. The molecule has 2 aliphatic rings. The first-order valence-corrected chi connectivity index (χ1v) is 8.93. The van der Waals surface area contributed by atoms with E-state index in [2.05, 4.69) is 16.1 Å². The molecule has 1 amide bonds. The maximum Gasteiger partial charge on any atom is 0.228 e. The van der Waals surface area contributed by atoms with Gasteiger partial charge in [0.15, 0.2) is 5.76 Å². The fraction of sp³-hybridized carbons (Fsp3) is 0.722. The second-order valence-electron chi connectivity index (χ2n) is 7.06. The van der Waals surface area contributed by atoms with Crippen LogP contribution in [0, 0.1) is 18.3 Å². The summed E-state index contributed by atoms with van der Waals surface area (Å²) >= 11 is 0. The topological polar surface area (TPSA) is 82.6 Å². The van der Waals surface area contributed by atoms with Crippen LogP contribution in [-0.4, -0.2) is 66.3 Å². The molecule has 136 valence electrons. The predicted molar refractivity (Wildman–Crippen MR) is 90.8 cm³/mol. The lowest BCUT2D eigenvalue weighted by Crippen LogP contribution is -2.49. The second-order valence-corrected chi connectivity index (χ2v) is 7.06. The molecule has 0 aromatic carbocycles. The molecule has 1 saturated heterocycles. The lowest BCUT2D eigenvalue weighted by Gasteiger charge is -2.35. The van der Waals surface area contributed by atoms with Crippen molar-refractivity contribution in [2.24, 2.45) is 0 Å². The van der Waals surface area contributed by atoms with E-state index in [1.807, 2.05) is 11.9 Å². The Bertz CT molecular complexity index is 666. The van der Waals surface area contributed by atoms with Crippen LogP contribution >= 0.6 is 0 Å². The molecule has 2 heterocycles. The molecule has 7 nitrogen and oxygen atoms in total. The lowest BCUT2D eigenvalue weighted by atomic mass is 10.1. The van der Waals surface area contributed by atoms with Gasteiger partial charge in [0.05, 0.1) is 12.5 Å². The van der Waals surface area contributed by atoms with Gasteiger partial charge in [0.1, 0.15) is 17.3 Å². The average molecular weight is 346 g/mol. The number of hydrogen-bond donors (Lipinski definition) is 0. The molecule has 1 aliphatic carbocycles. The van der Waals surface area contributed by atoms with Crippen molar-refractivity contribution >= 4 is 5.91 Å². The molecule has 1 aromatic heterocycles. The minimum absolute atomic E-state index is 0.0100. The first-order chi connectivity index (χ1) is 12.0. The zero-order valence-electron chi connectivity index (χ0n) is 15.2. The van der Waals surface area contributed by atoms with E-state index in [0.29, 0.717) is 29.2 Å². The number of likely N-dealkylation sites (tertiary alicyclic amines) is 1. The van der Waals surface area contributed by atoms with Crippen LogP contribution in [0.2, 0.25) is 0 Å². The highest BCUT2D eigenvalue weighted by Gasteiger charge is 2.39. The van der Waals surface area contributed by atoms with E-state index in [1.54, 1.807) is 14.0 Å². The molecule has 3 atom stereocenters. The van der Waals surface area contributed by atoms with Gasteiger partial charge in [-0.25, -0.2) is 0 Å². The smallest absolute Gasteiger partial charge is 0.228 e. The van der Waals surface area contributed by atoms with E-state index >= 15 is 0 Å². The van der Waals surface area contributed by atoms with Gasteiger partial charge in [-0.05, 0) is 32.6 Å². The summed E-state index contributed by atoms with van der Waals surface area (Å²) in [5.74, 6) is 0.457. The van der Waals surface area contributed by atoms with Crippen molar-refractivity contribution in [3.8, 4) is 6.07 Å². The fourth-order valence-electron chi connectivity index (χ4n) is 4.18. The Morgan fingerprint density at radius 3 is 2.96 bits per heavy atom. The monoisotopic (exact) mass is 346 g/mol. The molecule has 1 saturated carbocycles. The van der Waals surface area contributed by atoms with E-state index in [1.165, 1.54) is 0 Å². The Labute approximate surface area is 148 Å². The summed E-state index contributed by atoms with van der Waals surface area (Å²) in [6.07, 6.45) is 4.74. The second kappa shape index (κ2) is 7.54. The predicted octanol–water partition coefficient (Wildman–Crippen LogP) is 1.50. The summed E-state index contributed by atoms with van der Waals surface area (Å²) < 4.78 is 10.5. The molecule has 3 rings (SSSR count). The minimum atomic E-state index is -0.0100. The zero-order valence-corrected chi connectivity index (χ0v) is 15.2. The first kappa shape index (κ1) is 17.9. The Kier molecular flexibility index (Phi) is 5.40. The number of hydrogen-bond acceptors (Lipinski definition) is 6. The molecular formula is C18H26N4O3. The van der Waals surface area contributed by atoms with Crippen LogP contribution in [0.25, 0.3) is 0 Å². The van der Waals surface area contributed by atoms with Crippen molar-refractivity contribution in [2.75, 3.05) is 27.2 Å². The number of ether oxygens (including phenoxy) is 1. The van der Waals surface area contributed by atoms with E-state index < -0.39 is 0 Å². The summed E-state index contributed by atoms with van der Waals surface area (Å²) in [5.41, 5.74) is 0.819. The Morgan fingerprint density at radius 1 is 1.48 bits per heavy atom. The molecule has 0 radical (unpaired) electrons. The van der Waals surface area contributed by atoms with Gasteiger partial charge in [-0.1, -0.05) is 5.16 Å². The molecule has 0 N–H and O–H groups in total. The van der Waals surface area contributed by atoms with Crippen molar-refractivity contribution in [2.45, 2.75) is 57.2 Å². The standard InChI is InChI=1S/C18H26N4O3/c1-12-14(10-19)15(20-25-12)9-18(23)21(2)16-5-4-6-17(16)22-8-7-13(11-22)24-3/h13,16-17H,4-9,11H2,1-3H3/t13?,16-,17+/m1/s1. The number of nitrogens with zero attached hydrogens (tertiary/aromatic N) is 4. The van der Waals surface area contributed by atoms with Crippen molar-refractivity contribution in [1.29, 1.82) is 5.26 Å². The van der Waals surface area contributed by atoms with Gasteiger partial charge in [-0.2, -0.15) is 5.26 Å². The highest BCUT2D eigenvalue weighted by atomic mass is 16.5. The Morgan fingerprint density at radius 2 is 2.28 bits per heavy atom. The molecular weight excluding hydrogens is 320 g/mol. The summed E-state index contributed by atoms with van der Waals surface area (Å²) in [6, 6.07) is 2.68. The summed E-state index contributed by atoms with van der Waals surface area (Å²) in [6.45, 7) is 3.67. The first-order valence-electron chi connectivity index (χ1n) is 8.93. The molecule has 2 fully saturated rings. The number of likely N-dealkylation sites (N-methyl/N-ethyl adjacent to an activating group) is 1. The van der Waals surface area contributed by atoms with E-state index in [0.717, 1.165) is 38.8 Å². The molecule has 1 unspecified atom stereocenters. The van der Waals surface area contributed by atoms with Gasteiger partial charge in [0, 0.05) is 39.3 Å². The van der Waals surface area contributed by atoms with Gasteiger partial charge in [0.2, 0.25) is 5.91 Å². The largest absolute Gasteiger partial charge is 0.380 e. The Balaban J connectivity index is 1.66. The van der Waals surface area contributed by atoms with Gasteiger partial charge in [-0.3, -0.25) is 9.69 Å². The van der Waals surface area contributed by atoms with Crippen molar-refractivity contribution in [1.82, 2.24) is 15.0 Å². The highest BCUT2D eigenvalue weighted by molar-refractivity contribution is 5.79. The lowest BCUT2D eigenvalue weighted by molar-refractivity contribution is -0.132.